The SMILES string of the molecule is COCCN1C[C@@H](NC(=O)Nc2c(C)c(-c3cnc(OC)c(C(=O)NC4CCOCC4)c3)nn2-c2ccc(F)cc2)[C@H](c2ccc(F)c(F)c2)O1. The number of methoxy groups -OCH3 is 2. The van der Waals surface area contributed by atoms with Gasteiger partial charge in [0.25, 0.3) is 5.91 Å². The van der Waals surface area contributed by atoms with Gasteiger partial charge in [-0.1, -0.05) is 6.07 Å². The number of nitrogens with one attached hydrogen (secondary N) is 3. The molecule has 2 aromatic carbocycles. The van der Waals surface area contributed by atoms with Crippen LogP contribution in [0.5, 0.6) is 5.88 Å². The molecule has 270 valence electrons. The minimum absolute atomic E-state index is 0.0626. The van der Waals surface area contributed by atoms with Crippen LogP contribution in [0.3, 0.4) is 0 Å². The average molecular weight is 710 g/mol. The lowest BCUT2D eigenvalue weighted by molar-refractivity contribution is -0.154. The Balaban J connectivity index is 1.30. The molecule has 16 heteroatoms. The highest BCUT2D eigenvalue weighted by Gasteiger charge is 2.37. The average Bonchev–Trinajstić information content (AvgIpc) is 3.68. The number of nitrogens with zero attached hydrogens (tertiary/aromatic N) is 4. The largest absolute Gasteiger partial charge is 0.480 e. The number of anilines is 1. The molecular weight excluding hydrogens is 671 g/mol. The van der Waals surface area contributed by atoms with Gasteiger partial charge >= 0.3 is 6.03 Å². The van der Waals surface area contributed by atoms with E-state index in [9.17, 15) is 22.8 Å². The van der Waals surface area contributed by atoms with Crippen LogP contribution >= 0.6 is 0 Å². The summed E-state index contributed by atoms with van der Waals surface area (Å²) in [4.78, 5) is 37.5. The Kier molecular flexibility index (Phi) is 11.1. The second-order valence-corrected chi connectivity index (χ2v) is 12.1. The molecule has 2 saturated heterocycles. The molecule has 0 spiro atoms. The first-order valence-electron chi connectivity index (χ1n) is 16.4. The van der Waals surface area contributed by atoms with Gasteiger partial charge in [0.15, 0.2) is 11.6 Å². The van der Waals surface area contributed by atoms with Crippen molar-refractivity contribution in [2.24, 2.45) is 0 Å². The first-order chi connectivity index (χ1) is 24.6. The van der Waals surface area contributed by atoms with Crippen molar-refractivity contribution in [3.05, 3.63) is 88.9 Å². The van der Waals surface area contributed by atoms with E-state index in [0.29, 0.717) is 67.3 Å². The van der Waals surface area contributed by atoms with E-state index in [-0.39, 0.29) is 35.8 Å². The summed E-state index contributed by atoms with van der Waals surface area (Å²) in [7, 11) is 2.96. The lowest BCUT2D eigenvalue weighted by Gasteiger charge is -2.23. The van der Waals surface area contributed by atoms with Gasteiger partial charge in [0, 0.05) is 56.8 Å². The predicted octanol–water partition coefficient (Wildman–Crippen LogP) is 4.70. The highest BCUT2D eigenvalue weighted by molar-refractivity contribution is 5.98. The predicted molar refractivity (Wildman–Crippen MR) is 179 cm³/mol. The van der Waals surface area contributed by atoms with Crippen LogP contribution in [0.4, 0.5) is 23.8 Å². The van der Waals surface area contributed by atoms with Gasteiger partial charge in [-0.2, -0.15) is 10.2 Å². The summed E-state index contributed by atoms with van der Waals surface area (Å²) in [6.45, 7) is 3.75. The molecular formula is C35H38F3N7O6. The molecule has 0 aliphatic carbocycles. The number of hydroxylamine groups is 2. The first kappa shape index (κ1) is 35.8. The van der Waals surface area contributed by atoms with Crippen LogP contribution in [-0.4, -0.2) is 91.0 Å². The van der Waals surface area contributed by atoms with Crippen molar-refractivity contribution in [3.63, 3.8) is 0 Å². The topological polar surface area (TPSA) is 141 Å². The van der Waals surface area contributed by atoms with E-state index in [0.717, 1.165) is 12.1 Å². The zero-order valence-electron chi connectivity index (χ0n) is 28.3. The number of hydrogen-bond donors (Lipinski definition) is 3. The van der Waals surface area contributed by atoms with Crippen LogP contribution in [0, 0.1) is 24.4 Å². The molecule has 2 fully saturated rings. The van der Waals surface area contributed by atoms with Crippen molar-refractivity contribution in [2.45, 2.75) is 38.0 Å². The number of ether oxygens (including phenoxy) is 3. The lowest BCUT2D eigenvalue weighted by atomic mass is 10.0. The fourth-order valence-electron chi connectivity index (χ4n) is 6.04. The Morgan fingerprint density at radius 1 is 1.00 bits per heavy atom. The molecule has 0 bridgehead atoms. The van der Waals surface area contributed by atoms with Gasteiger partial charge in [0.05, 0.1) is 31.1 Å². The number of rotatable bonds is 11. The lowest BCUT2D eigenvalue weighted by Crippen LogP contribution is -2.42. The summed E-state index contributed by atoms with van der Waals surface area (Å²) in [5.41, 5.74) is 2.34. The molecule has 3 N–H and O–H groups in total. The number of carbonyl (C=O) groups is 2. The Morgan fingerprint density at radius 3 is 2.47 bits per heavy atom. The Morgan fingerprint density at radius 2 is 1.76 bits per heavy atom. The minimum Gasteiger partial charge on any atom is -0.480 e. The Hall–Kier alpha value is -5.03. The number of halogens is 3. The van der Waals surface area contributed by atoms with Gasteiger partial charge < -0.3 is 24.8 Å². The summed E-state index contributed by atoms with van der Waals surface area (Å²) in [5.74, 6) is -2.50. The third-order valence-electron chi connectivity index (χ3n) is 8.71. The van der Waals surface area contributed by atoms with Crippen LogP contribution in [0.1, 0.15) is 40.4 Å². The molecule has 2 aliphatic rings. The van der Waals surface area contributed by atoms with Gasteiger partial charge in [0.1, 0.15) is 23.3 Å². The van der Waals surface area contributed by atoms with E-state index in [2.05, 4.69) is 20.9 Å². The van der Waals surface area contributed by atoms with Crippen LogP contribution in [0.25, 0.3) is 16.9 Å². The maximum atomic E-state index is 14.2. The second-order valence-electron chi connectivity index (χ2n) is 12.1. The van der Waals surface area contributed by atoms with Gasteiger partial charge in [-0.05, 0) is 67.8 Å². The number of pyridine rings is 1. The van der Waals surface area contributed by atoms with Crippen LogP contribution in [0.15, 0.2) is 54.7 Å². The van der Waals surface area contributed by atoms with Gasteiger partial charge in [0.2, 0.25) is 5.88 Å². The van der Waals surface area contributed by atoms with Crippen molar-refractivity contribution in [3.8, 4) is 22.8 Å². The normalized spacial score (nSPS) is 18.1. The Labute approximate surface area is 292 Å². The maximum Gasteiger partial charge on any atom is 0.320 e. The standard InChI is InChI=1S/C35H38F3N7O6/c1-20-30(22-16-26(34(49-3)39-18-22)33(46)40-24-10-13-50-14-11-24)43-45(25-7-5-23(36)6-8-25)32(20)42-35(47)41-29-19-44(12-15-48-2)51-31(29)21-4-9-27(37)28(38)17-21/h4-9,16-18,24,29,31H,10-15,19H2,1-3H3,(H,40,46)(H2,41,42,47)/t29-,31+/m1/s1. The molecule has 0 saturated carbocycles. The molecule has 0 radical (unpaired) electrons. The number of amides is 3. The summed E-state index contributed by atoms with van der Waals surface area (Å²) in [5, 5.41) is 15.1. The van der Waals surface area contributed by atoms with Gasteiger partial charge in [-0.25, -0.2) is 27.6 Å². The summed E-state index contributed by atoms with van der Waals surface area (Å²) >= 11 is 0. The third-order valence-corrected chi connectivity index (χ3v) is 8.71. The van der Waals surface area contributed by atoms with Crippen LogP contribution < -0.4 is 20.7 Å². The van der Waals surface area contributed by atoms with E-state index in [1.54, 1.807) is 18.1 Å². The maximum absolute atomic E-state index is 14.2. The number of urea groups is 1. The van der Waals surface area contributed by atoms with Crippen molar-refractivity contribution in [1.29, 1.82) is 0 Å². The molecule has 4 aromatic rings. The monoisotopic (exact) mass is 709 g/mol. The number of benzene rings is 2. The van der Waals surface area contributed by atoms with Crippen molar-refractivity contribution in [2.75, 3.05) is 52.4 Å². The fourth-order valence-corrected chi connectivity index (χ4v) is 6.04. The quantitative estimate of drug-likeness (QED) is 0.202. The van der Waals surface area contributed by atoms with Gasteiger partial charge in [-0.15, -0.1) is 0 Å². The van der Waals surface area contributed by atoms with Gasteiger partial charge in [-0.3, -0.25) is 14.9 Å². The van der Waals surface area contributed by atoms with Crippen molar-refractivity contribution < 1.29 is 41.8 Å². The zero-order chi connectivity index (χ0) is 36.1. The van der Waals surface area contributed by atoms with E-state index in [4.69, 9.17) is 24.1 Å². The highest BCUT2D eigenvalue weighted by Crippen LogP contribution is 2.34. The molecule has 2 aliphatic heterocycles. The number of carbonyl (C=O) groups excluding carboxylic acids is 2. The number of aromatic nitrogens is 3. The molecule has 51 heavy (non-hydrogen) atoms. The van der Waals surface area contributed by atoms with Crippen molar-refractivity contribution in [1.82, 2.24) is 30.5 Å². The smallest absolute Gasteiger partial charge is 0.320 e. The molecule has 4 heterocycles. The van der Waals surface area contributed by atoms with Crippen LogP contribution in [-0.2, 0) is 14.3 Å². The van der Waals surface area contributed by atoms with E-state index >= 15 is 0 Å². The minimum atomic E-state index is -1.04. The molecule has 0 unspecified atom stereocenters. The Bertz CT molecular complexity index is 1870. The summed E-state index contributed by atoms with van der Waals surface area (Å²) in [6, 6.07) is 9.20. The molecule has 13 nitrogen and oxygen atoms in total. The second kappa shape index (κ2) is 15.9. The van der Waals surface area contributed by atoms with Crippen molar-refractivity contribution >= 4 is 17.8 Å². The molecule has 6 rings (SSSR count). The van der Waals surface area contributed by atoms with E-state index in [1.807, 2.05) is 0 Å². The summed E-state index contributed by atoms with van der Waals surface area (Å²) < 4.78 is 59.3. The molecule has 2 aromatic heterocycles. The summed E-state index contributed by atoms with van der Waals surface area (Å²) in [6.07, 6.45) is 2.03. The molecule has 3 amide bonds. The molecule has 2 atom stereocenters. The fraction of sp³-hybridized carbons (Fsp3) is 0.371. The number of hydrogen-bond acceptors (Lipinski definition) is 9. The van der Waals surface area contributed by atoms with E-state index < -0.39 is 35.6 Å². The van der Waals surface area contributed by atoms with E-state index in [1.165, 1.54) is 55.4 Å². The third kappa shape index (κ3) is 8.14. The zero-order valence-corrected chi connectivity index (χ0v) is 28.3. The highest BCUT2D eigenvalue weighted by atomic mass is 19.2. The van der Waals surface area contributed by atoms with Crippen LogP contribution in [0.2, 0.25) is 0 Å². The first-order valence-corrected chi connectivity index (χ1v) is 16.4.